The van der Waals surface area contributed by atoms with Crippen molar-refractivity contribution in [1.29, 1.82) is 0 Å². The number of carbonyl (C=O) groups excluding carboxylic acids is 1. The highest BCUT2D eigenvalue weighted by Gasteiger charge is 2.23. The molecule has 3 rings (SSSR count). The smallest absolute Gasteiger partial charge is 0.265 e. The Morgan fingerprint density at radius 3 is 2.61 bits per heavy atom. The van der Waals surface area contributed by atoms with Gasteiger partial charge in [0.2, 0.25) is 0 Å². The van der Waals surface area contributed by atoms with Crippen molar-refractivity contribution in [3.05, 3.63) is 46.2 Å². The Morgan fingerprint density at radius 1 is 1.25 bits per heavy atom. The van der Waals surface area contributed by atoms with Crippen molar-refractivity contribution in [3.63, 3.8) is 0 Å². The van der Waals surface area contributed by atoms with Crippen LogP contribution in [0.1, 0.15) is 47.4 Å². The van der Waals surface area contributed by atoms with Gasteiger partial charge in [-0.1, -0.05) is 20.8 Å². The molecule has 2 aromatic rings. The normalized spacial score (nSPS) is 15.5. The summed E-state index contributed by atoms with van der Waals surface area (Å²) < 4.78 is 5.41. The highest BCUT2D eigenvalue weighted by molar-refractivity contribution is 7.13. The van der Waals surface area contributed by atoms with E-state index in [2.05, 4.69) is 35.6 Å². The van der Waals surface area contributed by atoms with Gasteiger partial charge in [-0.15, -0.1) is 11.3 Å². The average molecular weight is 403 g/mol. The summed E-state index contributed by atoms with van der Waals surface area (Å²) in [5.41, 5.74) is 1.05. The molecule has 0 unspecified atom stereocenters. The fraction of sp³-hybridized carbons (Fsp3) is 0.571. The van der Waals surface area contributed by atoms with Crippen molar-refractivity contribution in [3.8, 4) is 0 Å². The summed E-state index contributed by atoms with van der Waals surface area (Å²) in [6.45, 7) is 12.2. The molecule has 6 nitrogen and oxygen atoms in total. The third kappa shape index (κ3) is 5.83. The minimum atomic E-state index is -0.0462. The number of amides is 1. The molecular formula is C21H30N4O2S. The van der Waals surface area contributed by atoms with Crippen LogP contribution in [-0.2, 0) is 16.7 Å². The lowest BCUT2D eigenvalue weighted by Gasteiger charge is -2.28. The minimum Gasteiger partial charge on any atom is -0.379 e. The highest BCUT2D eigenvalue weighted by Crippen LogP contribution is 2.27. The van der Waals surface area contributed by atoms with Crippen molar-refractivity contribution >= 4 is 17.2 Å². The largest absolute Gasteiger partial charge is 0.379 e. The molecule has 0 saturated carbocycles. The van der Waals surface area contributed by atoms with E-state index in [1.54, 1.807) is 18.6 Å². The number of hydrogen-bond donors (Lipinski definition) is 0. The van der Waals surface area contributed by atoms with Gasteiger partial charge in [-0.25, -0.2) is 4.98 Å². The van der Waals surface area contributed by atoms with Crippen LogP contribution < -0.4 is 0 Å². The predicted octanol–water partition coefficient (Wildman–Crippen LogP) is 3.20. The number of thiazole rings is 1. The Labute approximate surface area is 171 Å². The summed E-state index contributed by atoms with van der Waals surface area (Å²) in [4.78, 5) is 26.8. The van der Waals surface area contributed by atoms with Crippen molar-refractivity contribution in [2.75, 3.05) is 39.4 Å². The molecule has 7 heteroatoms. The maximum atomic E-state index is 13.2. The Kier molecular flexibility index (Phi) is 7.15. The minimum absolute atomic E-state index is 0.0462. The number of ether oxygens (including phenoxy) is 1. The van der Waals surface area contributed by atoms with Crippen molar-refractivity contribution in [2.45, 2.75) is 39.2 Å². The maximum absolute atomic E-state index is 13.2. The first kappa shape index (κ1) is 20.9. The first-order valence-electron chi connectivity index (χ1n) is 9.88. The van der Waals surface area contributed by atoms with Crippen LogP contribution in [0.5, 0.6) is 0 Å². The zero-order chi connectivity index (χ0) is 20.0. The second kappa shape index (κ2) is 9.58. The number of hydrogen-bond acceptors (Lipinski definition) is 6. The van der Waals surface area contributed by atoms with Gasteiger partial charge in [0.1, 0.15) is 4.88 Å². The van der Waals surface area contributed by atoms with Crippen molar-refractivity contribution in [2.24, 2.45) is 0 Å². The molecule has 1 aliphatic rings. The quantitative estimate of drug-likeness (QED) is 0.712. The van der Waals surface area contributed by atoms with Crippen LogP contribution in [0, 0.1) is 0 Å². The summed E-state index contributed by atoms with van der Waals surface area (Å²) in [5, 5.41) is 0.994. The molecule has 2 aromatic heterocycles. The van der Waals surface area contributed by atoms with Crippen LogP contribution in [-0.4, -0.2) is 65.1 Å². The number of pyridine rings is 1. The van der Waals surface area contributed by atoms with Gasteiger partial charge in [0.05, 0.1) is 24.4 Å². The Bertz CT molecular complexity index is 751. The monoisotopic (exact) mass is 402 g/mol. The van der Waals surface area contributed by atoms with Gasteiger partial charge in [-0.3, -0.25) is 14.7 Å². The Balaban J connectivity index is 1.67. The molecule has 1 aliphatic heterocycles. The number of nitrogens with zero attached hydrogens (tertiary/aromatic N) is 4. The lowest BCUT2D eigenvalue weighted by Crippen LogP contribution is -2.39. The molecule has 1 fully saturated rings. The summed E-state index contributed by atoms with van der Waals surface area (Å²) >= 11 is 1.51. The number of morpholine rings is 1. The SMILES string of the molecule is CC(C)(C)c1ncc(C(=O)N(CCCN2CCOCC2)Cc2ccncc2)s1. The highest BCUT2D eigenvalue weighted by atomic mass is 32.1. The van der Waals surface area contributed by atoms with Gasteiger partial charge < -0.3 is 9.64 Å². The van der Waals surface area contributed by atoms with Crippen LogP contribution in [0.3, 0.4) is 0 Å². The van der Waals surface area contributed by atoms with Crippen LogP contribution in [0.25, 0.3) is 0 Å². The molecule has 0 aliphatic carbocycles. The van der Waals surface area contributed by atoms with Crippen LogP contribution in [0.15, 0.2) is 30.7 Å². The third-order valence-electron chi connectivity index (χ3n) is 4.77. The van der Waals surface area contributed by atoms with Crippen molar-refractivity contribution in [1.82, 2.24) is 19.8 Å². The lowest BCUT2D eigenvalue weighted by molar-refractivity contribution is 0.0356. The van der Waals surface area contributed by atoms with E-state index in [1.165, 1.54) is 11.3 Å². The summed E-state index contributed by atoms with van der Waals surface area (Å²) in [5.74, 6) is 0.0618. The first-order valence-corrected chi connectivity index (χ1v) is 10.7. The molecular weight excluding hydrogens is 372 g/mol. The van der Waals surface area contributed by atoms with E-state index in [1.807, 2.05) is 17.0 Å². The number of aromatic nitrogens is 2. The van der Waals surface area contributed by atoms with E-state index in [-0.39, 0.29) is 11.3 Å². The number of rotatable bonds is 7. The van der Waals surface area contributed by atoms with Gasteiger partial charge in [-0.05, 0) is 24.1 Å². The summed E-state index contributed by atoms with van der Waals surface area (Å²) in [6.07, 6.45) is 6.23. The summed E-state index contributed by atoms with van der Waals surface area (Å²) in [6, 6.07) is 3.94. The molecule has 3 heterocycles. The molecule has 152 valence electrons. The van der Waals surface area contributed by atoms with Gasteiger partial charge in [0.15, 0.2) is 0 Å². The van der Waals surface area contributed by atoms with Crippen LogP contribution in [0.4, 0.5) is 0 Å². The molecule has 0 spiro atoms. The van der Waals surface area contributed by atoms with Crippen LogP contribution >= 0.6 is 11.3 Å². The first-order chi connectivity index (χ1) is 13.4. The Morgan fingerprint density at radius 2 is 1.96 bits per heavy atom. The zero-order valence-electron chi connectivity index (χ0n) is 17.1. The van der Waals surface area contributed by atoms with Crippen LogP contribution in [0.2, 0.25) is 0 Å². The Hall–Kier alpha value is -1.83. The van der Waals surface area contributed by atoms with Gasteiger partial charge >= 0.3 is 0 Å². The van der Waals surface area contributed by atoms with Gasteiger partial charge in [0.25, 0.3) is 5.91 Å². The molecule has 0 radical (unpaired) electrons. The molecule has 0 bridgehead atoms. The van der Waals surface area contributed by atoms with Gasteiger partial charge in [-0.2, -0.15) is 0 Å². The second-order valence-corrected chi connectivity index (χ2v) is 9.20. The van der Waals surface area contributed by atoms with E-state index in [9.17, 15) is 4.79 Å². The predicted molar refractivity (Wildman–Crippen MR) is 112 cm³/mol. The van der Waals surface area contributed by atoms with Gasteiger partial charge in [0, 0.05) is 50.5 Å². The molecule has 28 heavy (non-hydrogen) atoms. The van der Waals surface area contributed by atoms with Crippen molar-refractivity contribution < 1.29 is 9.53 Å². The zero-order valence-corrected chi connectivity index (χ0v) is 17.9. The molecule has 1 saturated heterocycles. The lowest BCUT2D eigenvalue weighted by atomic mass is 9.98. The van der Waals surface area contributed by atoms with E-state index in [4.69, 9.17) is 4.74 Å². The number of carbonyl (C=O) groups is 1. The van der Waals surface area contributed by atoms with E-state index in [0.29, 0.717) is 11.4 Å². The van der Waals surface area contributed by atoms with E-state index < -0.39 is 0 Å². The molecule has 0 aromatic carbocycles. The average Bonchev–Trinajstić information content (AvgIpc) is 3.19. The van der Waals surface area contributed by atoms with E-state index >= 15 is 0 Å². The fourth-order valence-corrected chi connectivity index (χ4v) is 4.09. The second-order valence-electron chi connectivity index (χ2n) is 8.17. The van der Waals surface area contributed by atoms with E-state index in [0.717, 1.165) is 56.4 Å². The topological polar surface area (TPSA) is 58.6 Å². The molecule has 0 atom stereocenters. The fourth-order valence-electron chi connectivity index (χ4n) is 3.15. The molecule has 0 N–H and O–H groups in total. The third-order valence-corrected chi connectivity index (χ3v) is 6.19. The maximum Gasteiger partial charge on any atom is 0.265 e. The summed E-state index contributed by atoms with van der Waals surface area (Å²) in [7, 11) is 0. The molecule has 1 amide bonds. The standard InChI is InChI=1S/C21H30N4O2S/c1-21(2,3)20-23-15-18(28-20)19(26)25(16-17-5-7-22-8-6-17)10-4-9-24-11-13-27-14-12-24/h5-8,15H,4,9-14,16H2,1-3H3.